The van der Waals surface area contributed by atoms with Crippen molar-refractivity contribution in [2.45, 2.75) is 53.9 Å². The summed E-state index contributed by atoms with van der Waals surface area (Å²) in [5.41, 5.74) is 0.324. The van der Waals surface area contributed by atoms with Gasteiger partial charge >= 0.3 is 5.97 Å². The van der Waals surface area contributed by atoms with Crippen LogP contribution in [0.4, 0.5) is 8.78 Å². The Morgan fingerprint density at radius 2 is 1.88 bits per heavy atom. The number of esters is 1. The number of allylic oxidation sites excluding steroid dienone is 3. The number of hydrogen-bond donors (Lipinski definition) is 0. The fraction of sp³-hybridized carbons (Fsp3) is 0.409. The monoisotopic (exact) mass is 362 g/mol. The summed E-state index contributed by atoms with van der Waals surface area (Å²) in [7, 11) is 0. The number of carbonyl (C=O) groups excluding carboxylic acids is 1. The SMILES string of the molecule is C#C/C(=C\C(F)=C(/C)C(=O)Oc1ccc(F)cc1)C(C)CCCC.CC. The third kappa shape index (κ3) is 8.11. The number of hydrogen-bond acceptors (Lipinski definition) is 2. The summed E-state index contributed by atoms with van der Waals surface area (Å²) >= 11 is 0. The molecule has 0 saturated carbocycles. The van der Waals surface area contributed by atoms with Crippen LogP contribution < -0.4 is 4.74 Å². The first-order valence-electron chi connectivity index (χ1n) is 8.91. The number of benzene rings is 1. The summed E-state index contributed by atoms with van der Waals surface area (Å²) < 4.78 is 32.1. The van der Waals surface area contributed by atoms with E-state index < -0.39 is 17.6 Å². The third-order valence-corrected chi connectivity index (χ3v) is 3.66. The Balaban J connectivity index is 0.00000301. The summed E-state index contributed by atoms with van der Waals surface area (Å²) in [6.07, 6.45) is 9.55. The first-order chi connectivity index (χ1) is 12.4. The Morgan fingerprint density at radius 3 is 2.38 bits per heavy atom. The van der Waals surface area contributed by atoms with Gasteiger partial charge in [-0.1, -0.05) is 46.5 Å². The van der Waals surface area contributed by atoms with Crippen LogP contribution in [0.25, 0.3) is 0 Å². The fourth-order valence-corrected chi connectivity index (χ4v) is 2.02. The maximum absolute atomic E-state index is 14.3. The van der Waals surface area contributed by atoms with Gasteiger partial charge in [0.1, 0.15) is 17.4 Å². The predicted octanol–water partition coefficient (Wildman–Crippen LogP) is 6.39. The average molecular weight is 362 g/mol. The maximum atomic E-state index is 14.3. The van der Waals surface area contributed by atoms with Crippen LogP contribution in [-0.2, 0) is 4.79 Å². The van der Waals surface area contributed by atoms with Crippen LogP contribution in [0.2, 0.25) is 0 Å². The van der Waals surface area contributed by atoms with Crippen LogP contribution in [0.15, 0.2) is 47.3 Å². The lowest BCUT2D eigenvalue weighted by Gasteiger charge is -2.10. The molecular formula is C22H28F2O2. The highest BCUT2D eigenvalue weighted by molar-refractivity contribution is 5.90. The minimum Gasteiger partial charge on any atom is -0.423 e. The zero-order valence-corrected chi connectivity index (χ0v) is 16.2. The Morgan fingerprint density at radius 1 is 1.31 bits per heavy atom. The minimum atomic E-state index is -0.840. The maximum Gasteiger partial charge on any atom is 0.342 e. The number of unbranched alkanes of at least 4 members (excludes halogenated alkanes) is 1. The zero-order chi connectivity index (χ0) is 20.1. The highest BCUT2D eigenvalue weighted by Crippen LogP contribution is 2.21. The predicted molar refractivity (Wildman–Crippen MR) is 103 cm³/mol. The van der Waals surface area contributed by atoms with Crippen LogP contribution in [0.1, 0.15) is 53.9 Å². The van der Waals surface area contributed by atoms with Gasteiger partial charge in [0.2, 0.25) is 0 Å². The molecule has 0 saturated heterocycles. The van der Waals surface area contributed by atoms with Gasteiger partial charge in [0.05, 0.1) is 5.57 Å². The smallest absolute Gasteiger partial charge is 0.342 e. The molecule has 0 amide bonds. The van der Waals surface area contributed by atoms with Crippen LogP contribution in [0.5, 0.6) is 5.75 Å². The van der Waals surface area contributed by atoms with E-state index in [0.717, 1.165) is 31.4 Å². The molecule has 0 aliphatic carbocycles. The van der Waals surface area contributed by atoms with E-state index in [1.54, 1.807) is 0 Å². The van der Waals surface area contributed by atoms with E-state index >= 15 is 0 Å². The second kappa shape index (κ2) is 12.9. The van der Waals surface area contributed by atoms with Crippen molar-refractivity contribution in [3.05, 3.63) is 53.1 Å². The Hall–Kier alpha value is -2.41. The minimum absolute atomic E-state index is 0.0432. The first kappa shape index (κ1) is 23.6. The van der Waals surface area contributed by atoms with Gasteiger partial charge in [-0.25, -0.2) is 13.6 Å². The topological polar surface area (TPSA) is 26.3 Å². The highest BCUT2D eigenvalue weighted by atomic mass is 19.1. The molecule has 0 aliphatic rings. The lowest BCUT2D eigenvalue weighted by Crippen LogP contribution is -2.10. The molecule has 1 rings (SSSR count). The molecule has 26 heavy (non-hydrogen) atoms. The van der Waals surface area contributed by atoms with Crippen molar-refractivity contribution in [2.24, 2.45) is 5.92 Å². The molecule has 0 radical (unpaired) electrons. The molecule has 0 spiro atoms. The fourth-order valence-electron chi connectivity index (χ4n) is 2.02. The van der Waals surface area contributed by atoms with Gasteiger partial charge in [-0.3, -0.25) is 0 Å². The molecule has 0 aliphatic heterocycles. The van der Waals surface area contributed by atoms with Gasteiger partial charge < -0.3 is 4.74 Å². The van der Waals surface area contributed by atoms with Crippen LogP contribution in [0.3, 0.4) is 0 Å². The van der Waals surface area contributed by atoms with Crippen molar-refractivity contribution in [1.82, 2.24) is 0 Å². The van der Waals surface area contributed by atoms with Gasteiger partial charge in [0, 0.05) is 5.57 Å². The normalized spacial score (nSPS) is 12.9. The Bertz CT molecular complexity index is 664. The Kier molecular flexibility index (Phi) is 11.7. The molecule has 0 N–H and O–H groups in total. The molecular weight excluding hydrogens is 334 g/mol. The van der Waals surface area contributed by atoms with Crippen LogP contribution in [0, 0.1) is 24.1 Å². The van der Waals surface area contributed by atoms with Crippen molar-refractivity contribution in [3.8, 4) is 18.1 Å². The van der Waals surface area contributed by atoms with Crippen LogP contribution in [-0.4, -0.2) is 5.97 Å². The first-order valence-corrected chi connectivity index (χ1v) is 8.91. The van der Waals surface area contributed by atoms with E-state index in [2.05, 4.69) is 12.8 Å². The standard InChI is InChI=1S/C20H22F2O2.C2H6/c1-5-7-8-14(3)16(6-2)13-19(22)15(4)20(23)24-18-11-9-17(21)10-12-18;1-2/h2,9-14H,5,7-8H2,1,3-4H3;1-2H3/b16-13+,19-15-;. The highest BCUT2D eigenvalue weighted by Gasteiger charge is 2.14. The number of halogens is 2. The summed E-state index contributed by atoms with van der Waals surface area (Å²) in [4.78, 5) is 12.0. The van der Waals surface area contributed by atoms with Gasteiger partial charge in [-0.15, -0.1) is 6.42 Å². The van der Waals surface area contributed by atoms with Crippen molar-refractivity contribution in [1.29, 1.82) is 0 Å². The van der Waals surface area contributed by atoms with E-state index in [1.807, 2.05) is 20.8 Å². The van der Waals surface area contributed by atoms with Gasteiger partial charge in [-0.2, -0.15) is 0 Å². The van der Waals surface area contributed by atoms with Gasteiger partial charge in [0.25, 0.3) is 0 Å². The molecule has 0 aromatic heterocycles. The number of carbonyl (C=O) groups is 1. The second-order valence-electron chi connectivity index (χ2n) is 5.60. The van der Waals surface area contributed by atoms with Crippen molar-refractivity contribution in [3.63, 3.8) is 0 Å². The summed E-state index contributed by atoms with van der Waals surface area (Å²) in [5.74, 6) is 0.660. The average Bonchev–Trinajstić information content (AvgIpc) is 2.66. The molecule has 0 heterocycles. The molecule has 2 nitrogen and oxygen atoms in total. The molecule has 1 unspecified atom stereocenters. The Labute approximate surface area is 156 Å². The summed E-state index contributed by atoms with van der Waals surface area (Å²) in [5, 5.41) is 0. The quantitative estimate of drug-likeness (QED) is 0.185. The zero-order valence-electron chi connectivity index (χ0n) is 16.2. The molecule has 1 aromatic carbocycles. The molecule has 4 heteroatoms. The molecule has 1 atom stereocenters. The third-order valence-electron chi connectivity index (χ3n) is 3.66. The summed E-state index contributed by atoms with van der Waals surface area (Å²) in [6.45, 7) is 9.32. The van der Waals surface area contributed by atoms with Crippen molar-refractivity contribution < 1.29 is 18.3 Å². The van der Waals surface area contributed by atoms with Crippen molar-refractivity contribution >= 4 is 5.97 Å². The molecule has 0 bridgehead atoms. The van der Waals surface area contributed by atoms with E-state index in [1.165, 1.54) is 25.1 Å². The van der Waals surface area contributed by atoms with Crippen LogP contribution >= 0.6 is 0 Å². The van der Waals surface area contributed by atoms with E-state index in [9.17, 15) is 13.6 Å². The van der Waals surface area contributed by atoms with E-state index in [0.29, 0.717) is 5.57 Å². The van der Waals surface area contributed by atoms with E-state index in [4.69, 9.17) is 11.2 Å². The lowest BCUT2D eigenvalue weighted by atomic mass is 9.95. The largest absolute Gasteiger partial charge is 0.423 e. The number of ether oxygens (including phenoxy) is 1. The number of terminal acetylenes is 1. The lowest BCUT2D eigenvalue weighted by molar-refractivity contribution is -0.130. The van der Waals surface area contributed by atoms with Gasteiger partial charge in [0.15, 0.2) is 0 Å². The molecule has 0 fully saturated rings. The van der Waals surface area contributed by atoms with Gasteiger partial charge in [-0.05, 0) is 49.6 Å². The number of rotatable bonds is 7. The van der Waals surface area contributed by atoms with E-state index in [-0.39, 0.29) is 17.2 Å². The molecule has 142 valence electrons. The second-order valence-corrected chi connectivity index (χ2v) is 5.60. The molecule has 1 aromatic rings. The van der Waals surface area contributed by atoms with Crippen molar-refractivity contribution in [2.75, 3.05) is 0 Å². The summed E-state index contributed by atoms with van der Waals surface area (Å²) in [6, 6.07) is 4.91.